The van der Waals surface area contributed by atoms with E-state index in [1.807, 2.05) is 22.9 Å². The van der Waals surface area contributed by atoms with Crippen LogP contribution < -0.4 is 5.32 Å². The summed E-state index contributed by atoms with van der Waals surface area (Å²) >= 11 is 0. The molecule has 0 bridgehead atoms. The molecule has 1 aromatic rings. The number of hydrogen-bond acceptors (Lipinski definition) is 4. The lowest BCUT2D eigenvalue weighted by Gasteiger charge is -2.25. The molecule has 2 N–H and O–H groups in total. The van der Waals surface area contributed by atoms with Gasteiger partial charge >= 0.3 is 0 Å². The van der Waals surface area contributed by atoms with Crippen molar-refractivity contribution in [2.45, 2.75) is 25.4 Å². The number of carbonyl (C=O) groups is 1. The van der Waals surface area contributed by atoms with Gasteiger partial charge in [0.15, 0.2) is 0 Å². The van der Waals surface area contributed by atoms with E-state index in [1.54, 1.807) is 12.0 Å². The first-order valence-electron chi connectivity index (χ1n) is 7.54. The summed E-state index contributed by atoms with van der Waals surface area (Å²) in [6.45, 7) is 3.23. The molecule has 1 fully saturated rings. The summed E-state index contributed by atoms with van der Waals surface area (Å²) in [5, 5.41) is 12.6. The van der Waals surface area contributed by atoms with Crippen LogP contribution in [0.4, 0.5) is 0 Å². The van der Waals surface area contributed by atoms with Crippen LogP contribution in [0.25, 0.3) is 0 Å². The van der Waals surface area contributed by atoms with E-state index in [0.717, 1.165) is 19.4 Å². The van der Waals surface area contributed by atoms with Crippen molar-refractivity contribution in [1.82, 2.24) is 14.8 Å². The molecule has 0 radical (unpaired) electrons. The molecule has 1 saturated heterocycles. The summed E-state index contributed by atoms with van der Waals surface area (Å²) in [7, 11) is 1.65. The summed E-state index contributed by atoms with van der Waals surface area (Å²) in [5.74, 6) is -0.0288. The third kappa shape index (κ3) is 4.30. The van der Waals surface area contributed by atoms with E-state index >= 15 is 0 Å². The largest absolute Gasteiger partial charge is 0.395 e. The Bertz CT molecular complexity index is 441. The molecule has 1 unspecified atom stereocenters. The van der Waals surface area contributed by atoms with Gasteiger partial charge < -0.3 is 24.6 Å². The van der Waals surface area contributed by atoms with Crippen molar-refractivity contribution in [2.75, 3.05) is 40.0 Å². The summed E-state index contributed by atoms with van der Waals surface area (Å²) in [6.07, 6.45) is 4.12. The molecule has 0 aromatic carbocycles. The molecule has 1 aromatic heterocycles. The predicted octanol–water partition coefficient (Wildman–Crippen LogP) is 0.321. The Kier molecular flexibility index (Phi) is 6.22. The first kappa shape index (κ1) is 16.0. The molecule has 21 heavy (non-hydrogen) atoms. The molecule has 1 aliphatic rings. The van der Waals surface area contributed by atoms with Gasteiger partial charge in [-0.25, -0.2) is 0 Å². The van der Waals surface area contributed by atoms with Crippen LogP contribution in [0.2, 0.25) is 0 Å². The van der Waals surface area contributed by atoms with Gasteiger partial charge in [0.1, 0.15) is 5.69 Å². The number of carbonyl (C=O) groups excluding carboxylic acids is 1. The molecule has 0 saturated carbocycles. The fourth-order valence-corrected chi connectivity index (χ4v) is 2.73. The van der Waals surface area contributed by atoms with Crippen LogP contribution in [0.15, 0.2) is 18.3 Å². The van der Waals surface area contributed by atoms with Crippen molar-refractivity contribution in [3.8, 4) is 0 Å². The third-order valence-electron chi connectivity index (χ3n) is 3.85. The summed E-state index contributed by atoms with van der Waals surface area (Å²) in [6, 6.07) is 4.03. The van der Waals surface area contributed by atoms with Gasteiger partial charge in [-0.2, -0.15) is 0 Å². The second-order valence-corrected chi connectivity index (χ2v) is 5.35. The first-order chi connectivity index (χ1) is 10.3. The van der Waals surface area contributed by atoms with E-state index < -0.39 is 0 Å². The highest BCUT2D eigenvalue weighted by atomic mass is 16.5. The third-order valence-corrected chi connectivity index (χ3v) is 3.85. The monoisotopic (exact) mass is 295 g/mol. The topological polar surface area (TPSA) is 66.7 Å². The molecule has 2 heterocycles. The number of hydrogen-bond donors (Lipinski definition) is 2. The minimum atomic E-state index is -0.0288. The SMILES string of the molecule is COCCn1cccc1C(=O)N(CCO)CC1CCCN1. The summed E-state index contributed by atoms with van der Waals surface area (Å²) < 4.78 is 6.97. The molecule has 6 nitrogen and oxygen atoms in total. The second-order valence-electron chi connectivity index (χ2n) is 5.35. The maximum atomic E-state index is 12.7. The van der Waals surface area contributed by atoms with Crippen molar-refractivity contribution >= 4 is 5.91 Å². The Hall–Kier alpha value is -1.37. The van der Waals surface area contributed by atoms with Gasteiger partial charge in [-0.3, -0.25) is 4.79 Å². The lowest BCUT2D eigenvalue weighted by molar-refractivity contribution is 0.0693. The molecule has 6 heteroatoms. The number of aliphatic hydroxyl groups is 1. The Balaban J connectivity index is 2.04. The highest BCUT2D eigenvalue weighted by molar-refractivity contribution is 5.92. The first-order valence-corrected chi connectivity index (χ1v) is 7.54. The van der Waals surface area contributed by atoms with Crippen LogP contribution in [0.1, 0.15) is 23.3 Å². The van der Waals surface area contributed by atoms with Crippen molar-refractivity contribution in [1.29, 1.82) is 0 Å². The van der Waals surface area contributed by atoms with Gasteiger partial charge in [0, 0.05) is 39.0 Å². The molecule has 0 aliphatic carbocycles. The maximum Gasteiger partial charge on any atom is 0.270 e. The smallest absolute Gasteiger partial charge is 0.270 e. The Morgan fingerprint density at radius 3 is 3.14 bits per heavy atom. The van der Waals surface area contributed by atoms with Crippen LogP contribution in [0, 0.1) is 0 Å². The molecule has 0 spiro atoms. The second kappa shape index (κ2) is 8.17. The van der Waals surface area contributed by atoms with Gasteiger partial charge in [-0.1, -0.05) is 0 Å². The van der Waals surface area contributed by atoms with Crippen LogP contribution in [-0.2, 0) is 11.3 Å². The minimum absolute atomic E-state index is 0.0166. The van der Waals surface area contributed by atoms with E-state index in [9.17, 15) is 9.90 Å². The van der Waals surface area contributed by atoms with Crippen molar-refractivity contribution in [3.63, 3.8) is 0 Å². The standard InChI is InChI=1S/C15H25N3O3/c1-21-11-9-17-7-3-5-14(17)15(20)18(8-10-19)12-13-4-2-6-16-13/h3,5,7,13,16,19H,2,4,6,8-12H2,1H3. The predicted molar refractivity (Wildman–Crippen MR) is 80.3 cm³/mol. The highest BCUT2D eigenvalue weighted by Crippen LogP contribution is 2.11. The highest BCUT2D eigenvalue weighted by Gasteiger charge is 2.23. The lowest BCUT2D eigenvalue weighted by atomic mass is 10.2. The number of ether oxygens (including phenoxy) is 1. The van der Waals surface area contributed by atoms with Crippen LogP contribution >= 0.6 is 0 Å². The summed E-state index contributed by atoms with van der Waals surface area (Å²) in [5.41, 5.74) is 0.651. The number of aliphatic hydroxyl groups excluding tert-OH is 1. The fraction of sp³-hybridized carbons (Fsp3) is 0.667. The van der Waals surface area contributed by atoms with Gasteiger partial charge in [-0.15, -0.1) is 0 Å². The van der Waals surface area contributed by atoms with E-state index in [1.165, 1.54) is 0 Å². The molecular weight excluding hydrogens is 270 g/mol. The quantitative estimate of drug-likeness (QED) is 0.725. The molecule has 118 valence electrons. The Labute approximate surface area is 125 Å². The average molecular weight is 295 g/mol. The van der Waals surface area contributed by atoms with Gasteiger partial charge in [-0.05, 0) is 31.5 Å². The minimum Gasteiger partial charge on any atom is -0.395 e. The zero-order chi connectivity index (χ0) is 15.1. The summed E-state index contributed by atoms with van der Waals surface area (Å²) in [4.78, 5) is 14.4. The van der Waals surface area contributed by atoms with Gasteiger partial charge in [0.25, 0.3) is 5.91 Å². The number of nitrogens with one attached hydrogen (secondary N) is 1. The Morgan fingerprint density at radius 1 is 1.62 bits per heavy atom. The average Bonchev–Trinajstić information content (AvgIpc) is 3.15. The van der Waals surface area contributed by atoms with Crippen LogP contribution in [0.5, 0.6) is 0 Å². The number of methoxy groups -OCH3 is 1. The van der Waals surface area contributed by atoms with E-state index in [0.29, 0.717) is 38.0 Å². The fourth-order valence-electron chi connectivity index (χ4n) is 2.73. The number of amides is 1. The van der Waals surface area contributed by atoms with Crippen molar-refractivity contribution in [2.24, 2.45) is 0 Å². The van der Waals surface area contributed by atoms with Gasteiger partial charge in [0.05, 0.1) is 13.2 Å². The van der Waals surface area contributed by atoms with E-state index in [4.69, 9.17) is 4.74 Å². The number of nitrogens with zero attached hydrogens (tertiary/aromatic N) is 2. The molecule has 1 atom stereocenters. The van der Waals surface area contributed by atoms with Gasteiger partial charge in [0.2, 0.25) is 0 Å². The maximum absolute atomic E-state index is 12.7. The molecule has 1 aliphatic heterocycles. The normalized spacial score (nSPS) is 18.1. The zero-order valence-electron chi connectivity index (χ0n) is 12.6. The zero-order valence-corrected chi connectivity index (χ0v) is 12.6. The van der Waals surface area contributed by atoms with E-state index in [2.05, 4.69) is 5.32 Å². The van der Waals surface area contributed by atoms with Crippen LogP contribution in [-0.4, -0.2) is 66.5 Å². The van der Waals surface area contributed by atoms with Crippen molar-refractivity contribution < 1.29 is 14.6 Å². The molecule has 2 rings (SSSR count). The van der Waals surface area contributed by atoms with E-state index in [-0.39, 0.29) is 12.5 Å². The number of aromatic nitrogens is 1. The van der Waals surface area contributed by atoms with Crippen LogP contribution in [0.3, 0.4) is 0 Å². The molecule has 1 amide bonds. The number of rotatable bonds is 8. The lowest BCUT2D eigenvalue weighted by Crippen LogP contribution is -2.43. The van der Waals surface area contributed by atoms with Crippen molar-refractivity contribution in [3.05, 3.63) is 24.0 Å². The Morgan fingerprint density at radius 2 is 2.48 bits per heavy atom. The molecular formula is C15H25N3O3.